The van der Waals surface area contributed by atoms with E-state index < -0.39 is 0 Å². The predicted octanol–water partition coefficient (Wildman–Crippen LogP) is 1.80. The Morgan fingerprint density at radius 1 is 1.31 bits per heavy atom. The molecule has 0 fully saturated rings. The van der Waals surface area contributed by atoms with Crippen LogP contribution >= 0.6 is 11.8 Å². The van der Waals surface area contributed by atoms with Crippen LogP contribution in [0.1, 0.15) is 26.7 Å². The Morgan fingerprint density at radius 3 is 2.15 bits per heavy atom. The molecule has 0 radical (unpaired) electrons. The number of nitrogens with two attached hydrogens (primary N) is 1. The van der Waals surface area contributed by atoms with Crippen LogP contribution < -0.4 is 5.73 Å². The Balaban J connectivity index is 4.17. The molecule has 0 bridgehead atoms. The van der Waals surface area contributed by atoms with E-state index in [1.807, 2.05) is 11.8 Å². The average molecular weight is 204 g/mol. The largest absolute Gasteiger partial charge is 0.329 e. The van der Waals surface area contributed by atoms with Gasteiger partial charge in [-0.25, -0.2) is 0 Å². The lowest BCUT2D eigenvalue weighted by molar-refractivity contribution is 0.124. The van der Waals surface area contributed by atoms with Gasteiger partial charge in [-0.05, 0) is 26.1 Å². The van der Waals surface area contributed by atoms with E-state index in [2.05, 4.69) is 32.1 Å². The topological polar surface area (TPSA) is 29.3 Å². The van der Waals surface area contributed by atoms with E-state index in [1.54, 1.807) is 0 Å². The fourth-order valence-electron chi connectivity index (χ4n) is 1.70. The zero-order valence-electron chi connectivity index (χ0n) is 9.47. The molecule has 0 amide bonds. The summed E-state index contributed by atoms with van der Waals surface area (Å²) in [7, 11) is 2.19. The minimum absolute atomic E-state index is 0.232. The highest BCUT2D eigenvalue weighted by Crippen LogP contribution is 2.21. The van der Waals surface area contributed by atoms with Gasteiger partial charge in [0.05, 0.1) is 0 Å². The number of hydrogen-bond acceptors (Lipinski definition) is 3. The van der Waals surface area contributed by atoms with Gasteiger partial charge in [0.15, 0.2) is 0 Å². The fraction of sp³-hybridized carbons (Fsp3) is 1.00. The Labute approximate surface area is 87.2 Å². The number of thioether (sulfide) groups is 1. The van der Waals surface area contributed by atoms with Crippen LogP contribution in [0.25, 0.3) is 0 Å². The van der Waals surface area contributed by atoms with Crippen molar-refractivity contribution in [1.29, 1.82) is 0 Å². The molecule has 0 saturated carbocycles. The number of rotatable bonds is 7. The predicted molar refractivity (Wildman–Crippen MR) is 63.4 cm³/mol. The summed E-state index contributed by atoms with van der Waals surface area (Å²) in [6.07, 6.45) is 4.44. The second-order valence-corrected chi connectivity index (χ2v) is 4.54. The summed E-state index contributed by atoms with van der Waals surface area (Å²) in [5.74, 6) is 1.19. The molecule has 0 aromatic carbocycles. The summed E-state index contributed by atoms with van der Waals surface area (Å²) >= 11 is 1.90. The van der Waals surface area contributed by atoms with Crippen LogP contribution in [0.3, 0.4) is 0 Å². The highest BCUT2D eigenvalue weighted by molar-refractivity contribution is 7.98. The van der Waals surface area contributed by atoms with Crippen LogP contribution in [0.2, 0.25) is 0 Å². The molecule has 13 heavy (non-hydrogen) atoms. The molecule has 0 saturated heterocycles. The molecule has 3 heteroatoms. The molecular formula is C10H24N2S. The molecule has 0 rings (SSSR count). The van der Waals surface area contributed by atoms with Crippen molar-refractivity contribution in [2.75, 3.05) is 32.1 Å². The van der Waals surface area contributed by atoms with Gasteiger partial charge in [-0.15, -0.1) is 0 Å². The van der Waals surface area contributed by atoms with Crippen LogP contribution in [0.5, 0.6) is 0 Å². The third kappa shape index (κ3) is 3.49. The fourth-order valence-corrected chi connectivity index (χ4v) is 2.16. The van der Waals surface area contributed by atoms with Gasteiger partial charge < -0.3 is 5.73 Å². The van der Waals surface area contributed by atoms with Gasteiger partial charge in [0.1, 0.15) is 0 Å². The van der Waals surface area contributed by atoms with E-state index in [4.69, 9.17) is 5.73 Å². The van der Waals surface area contributed by atoms with E-state index in [0.29, 0.717) is 0 Å². The minimum Gasteiger partial charge on any atom is -0.329 e. The third-order valence-electron chi connectivity index (χ3n) is 3.14. The number of nitrogens with zero attached hydrogens (tertiary/aromatic N) is 1. The maximum absolute atomic E-state index is 5.85. The van der Waals surface area contributed by atoms with Crippen molar-refractivity contribution in [3.8, 4) is 0 Å². The summed E-state index contributed by atoms with van der Waals surface area (Å²) < 4.78 is 0. The van der Waals surface area contributed by atoms with E-state index in [0.717, 1.165) is 25.9 Å². The van der Waals surface area contributed by atoms with Gasteiger partial charge in [0, 0.05) is 24.4 Å². The normalized spacial score (nSPS) is 12.5. The Morgan fingerprint density at radius 2 is 1.85 bits per heavy atom. The first-order valence-electron chi connectivity index (χ1n) is 5.07. The summed E-state index contributed by atoms with van der Waals surface area (Å²) in [6.45, 7) is 6.36. The van der Waals surface area contributed by atoms with Crippen molar-refractivity contribution in [1.82, 2.24) is 4.90 Å². The van der Waals surface area contributed by atoms with Crippen LogP contribution in [0.15, 0.2) is 0 Å². The standard InChI is InChI=1S/C10H24N2S/c1-5-10(6-2,9-11)12(3)7-8-13-4/h5-9,11H2,1-4H3. The smallest absolute Gasteiger partial charge is 0.0323 e. The minimum atomic E-state index is 0.232. The molecule has 80 valence electrons. The zero-order chi connectivity index (χ0) is 10.3. The molecule has 0 atom stereocenters. The van der Waals surface area contributed by atoms with E-state index >= 15 is 0 Å². The number of likely N-dealkylation sites (N-methyl/N-ethyl adjacent to an activating group) is 1. The highest BCUT2D eigenvalue weighted by atomic mass is 32.2. The third-order valence-corrected chi connectivity index (χ3v) is 3.73. The van der Waals surface area contributed by atoms with Crippen molar-refractivity contribution in [2.24, 2.45) is 5.73 Å². The Hall–Kier alpha value is 0.270. The van der Waals surface area contributed by atoms with Crippen molar-refractivity contribution in [3.63, 3.8) is 0 Å². The lowest BCUT2D eigenvalue weighted by Gasteiger charge is -2.40. The summed E-state index contributed by atoms with van der Waals surface area (Å²) in [6, 6.07) is 0. The summed E-state index contributed by atoms with van der Waals surface area (Å²) in [5.41, 5.74) is 6.08. The van der Waals surface area contributed by atoms with E-state index in [9.17, 15) is 0 Å². The van der Waals surface area contributed by atoms with Crippen LogP contribution in [0.4, 0.5) is 0 Å². The molecule has 0 aliphatic carbocycles. The first-order valence-corrected chi connectivity index (χ1v) is 6.46. The molecule has 0 spiro atoms. The van der Waals surface area contributed by atoms with Gasteiger partial charge in [0.2, 0.25) is 0 Å². The van der Waals surface area contributed by atoms with E-state index in [-0.39, 0.29) is 5.54 Å². The molecule has 0 unspecified atom stereocenters. The van der Waals surface area contributed by atoms with E-state index in [1.165, 1.54) is 5.75 Å². The first kappa shape index (κ1) is 13.3. The quantitative estimate of drug-likeness (QED) is 0.686. The van der Waals surface area contributed by atoms with Gasteiger partial charge in [0.25, 0.3) is 0 Å². The Kier molecular flexibility index (Phi) is 6.82. The summed E-state index contributed by atoms with van der Waals surface area (Å²) in [4.78, 5) is 2.42. The molecule has 0 aromatic rings. The molecular weight excluding hydrogens is 180 g/mol. The second-order valence-electron chi connectivity index (χ2n) is 3.55. The molecule has 2 nitrogen and oxygen atoms in total. The second kappa shape index (κ2) is 6.68. The molecule has 0 aliphatic heterocycles. The summed E-state index contributed by atoms with van der Waals surface area (Å²) in [5, 5.41) is 0. The van der Waals surface area contributed by atoms with Crippen LogP contribution in [0, 0.1) is 0 Å². The van der Waals surface area contributed by atoms with Crippen molar-refractivity contribution >= 4 is 11.8 Å². The highest BCUT2D eigenvalue weighted by Gasteiger charge is 2.28. The van der Waals surface area contributed by atoms with Crippen LogP contribution in [-0.4, -0.2) is 42.6 Å². The monoisotopic (exact) mass is 204 g/mol. The van der Waals surface area contributed by atoms with Crippen molar-refractivity contribution in [2.45, 2.75) is 32.2 Å². The maximum Gasteiger partial charge on any atom is 0.0323 e. The molecule has 2 N–H and O–H groups in total. The van der Waals surface area contributed by atoms with Crippen molar-refractivity contribution < 1.29 is 0 Å². The maximum atomic E-state index is 5.85. The first-order chi connectivity index (χ1) is 6.16. The SMILES string of the molecule is CCC(CC)(CN)N(C)CCSC. The van der Waals surface area contributed by atoms with Crippen LogP contribution in [-0.2, 0) is 0 Å². The number of hydrogen-bond donors (Lipinski definition) is 1. The van der Waals surface area contributed by atoms with Gasteiger partial charge in [-0.2, -0.15) is 11.8 Å². The van der Waals surface area contributed by atoms with Crippen molar-refractivity contribution in [3.05, 3.63) is 0 Å². The average Bonchev–Trinajstić information content (AvgIpc) is 2.18. The zero-order valence-corrected chi connectivity index (χ0v) is 10.3. The van der Waals surface area contributed by atoms with Gasteiger partial charge in [-0.1, -0.05) is 13.8 Å². The molecule has 0 aromatic heterocycles. The Bertz CT molecular complexity index is 116. The molecule has 0 heterocycles. The van der Waals surface area contributed by atoms with Gasteiger partial charge >= 0.3 is 0 Å². The lowest BCUT2D eigenvalue weighted by Crippen LogP contribution is -2.51. The molecule has 0 aliphatic rings. The van der Waals surface area contributed by atoms with Gasteiger partial charge in [-0.3, -0.25) is 4.90 Å². The lowest BCUT2D eigenvalue weighted by atomic mass is 9.91.